The summed E-state index contributed by atoms with van der Waals surface area (Å²) >= 11 is 0. The standard InChI is InChI=1S/C22H24N2O5/c1-23(2)21(27)19(12-20(25)26)24(3)22(28)29-13-18-16-10-6-4-8-14(16)15-9-5-7-11-17(15)18/h4-11,18-19H,12-13H2,1-3H3,(H,25,26)/t19-/m0/s1. The van der Waals surface area contributed by atoms with Gasteiger partial charge in [-0.15, -0.1) is 0 Å². The maximum Gasteiger partial charge on any atom is 0.410 e. The van der Waals surface area contributed by atoms with Crippen LogP contribution in [0.3, 0.4) is 0 Å². The Morgan fingerprint density at radius 1 is 0.966 bits per heavy atom. The quantitative estimate of drug-likeness (QED) is 0.811. The molecule has 0 heterocycles. The maximum atomic E-state index is 12.6. The van der Waals surface area contributed by atoms with Gasteiger partial charge in [-0.3, -0.25) is 14.5 Å². The summed E-state index contributed by atoms with van der Waals surface area (Å²) in [5.74, 6) is -1.74. The Hall–Kier alpha value is -3.35. The van der Waals surface area contributed by atoms with Gasteiger partial charge in [-0.2, -0.15) is 0 Å². The van der Waals surface area contributed by atoms with Gasteiger partial charge in [0.1, 0.15) is 12.6 Å². The molecule has 0 aliphatic heterocycles. The molecule has 0 radical (unpaired) electrons. The Morgan fingerprint density at radius 2 is 1.48 bits per heavy atom. The number of benzene rings is 2. The van der Waals surface area contributed by atoms with Crippen molar-refractivity contribution in [3.63, 3.8) is 0 Å². The van der Waals surface area contributed by atoms with E-state index in [1.165, 1.54) is 26.0 Å². The molecule has 152 valence electrons. The normalized spacial score (nSPS) is 13.2. The van der Waals surface area contributed by atoms with Crippen molar-refractivity contribution in [1.29, 1.82) is 0 Å². The number of likely N-dealkylation sites (N-methyl/N-ethyl adjacent to an activating group) is 2. The van der Waals surface area contributed by atoms with Gasteiger partial charge in [0.15, 0.2) is 0 Å². The summed E-state index contributed by atoms with van der Waals surface area (Å²) < 4.78 is 5.52. The summed E-state index contributed by atoms with van der Waals surface area (Å²) in [6.45, 7) is 0.104. The molecule has 0 unspecified atom stereocenters. The molecule has 0 spiro atoms. The maximum absolute atomic E-state index is 12.6. The monoisotopic (exact) mass is 396 g/mol. The predicted octanol–water partition coefficient (Wildman–Crippen LogP) is 2.80. The van der Waals surface area contributed by atoms with E-state index in [2.05, 4.69) is 0 Å². The molecule has 1 atom stereocenters. The van der Waals surface area contributed by atoms with Crippen molar-refractivity contribution in [2.24, 2.45) is 0 Å². The van der Waals surface area contributed by atoms with Crippen LogP contribution in [0.5, 0.6) is 0 Å². The van der Waals surface area contributed by atoms with E-state index < -0.39 is 30.4 Å². The lowest BCUT2D eigenvalue weighted by molar-refractivity contribution is -0.143. The first-order chi connectivity index (χ1) is 13.8. The van der Waals surface area contributed by atoms with Crippen LogP contribution in [-0.4, -0.2) is 66.7 Å². The van der Waals surface area contributed by atoms with Crippen LogP contribution < -0.4 is 0 Å². The highest BCUT2D eigenvalue weighted by Crippen LogP contribution is 2.44. The van der Waals surface area contributed by atoms with E-state index in [-0.39, 0.29) is 12.5 Å². The zero-order chi connectivity index (χ0) is 21.1. The Bertz CT molecular complexity index is 895. The van der Waals surface area contributed by atoms with Crippen LogP contribution in [0.15, 0.2) is 48.5 Å². The van der Waals surface area contributed by atoms with Crippen molar-refractivity contribution >= 4 is 18.0 Å². The fraction of sp³-hybridized carbons (Fsp3) is 0.318. The molecule has 3 rings (SSSR count). The lowest BCUT2D eigenvalue weighted by atomic mass is 9.98. The minimum Gasteiger partial charge on any atom is -0.481 e. The summed E-state index contributed by atoms with van der Waals surface area (Å²) in [5.41, 5.74) is 4.39. The average Bonchev–Trinajstić information content (AvgIpc) is 3.03. The summed E-state index contributed by atoms with van der Waals surface area (Å²) in [5, 5.41) is 9.12. The second kappa shape index (κ2) is 8.34. The van der Waals surface area contributed by atoms with Crippen LogP contribution in [0, 0.1) is 0 Å². The number of hydrogen-bond acceptors (Lipinski definition) is 4. The van der Waals surface area contributed by atoms with Crippen LogP contribution in [-0.2, 0) is 14.3 Å². The van der Waals surface area contributed by atoms with Crippen molar-refractivity contribution in [2.75, 3.05) is 27.7 Å². The van der Waals surface area contributed by atoms with Gasteiger partial charge in [0.25, 0.3) is 0 Å². The minimum atomic E-state index is -1.16. The van der Waals surface area contributed by atoms with Gasteiger partial charge in [0.2, 0.25) is 5.91 Å². The Morgan fingerprint density at radius 3 is 1.97 bits per heavy atom. The molecule has 0 saturated heterocycles. The average molecular weight is 396 g/mol. The van der Waals surface area contributed by atoms with Gasteiger partial charge in [-0.25, -0.2) is 4.79 Å². The summed E-state index contributed by atoms with van der Waals surface area (Å²) in [6.07, 6.45) is -1.22. The van der Waals surface area contributed by atoms with Crippen molar-refractivity contribution in [3.05, 3.63) is 59.7 Å². The largest absolute Gasteiger partial charge is 0.481 e. The molecule has 2 amide bonds. The number of nitrogens with zero attached hydrogens (tertiary/aromatic N) is 2. The number of amides is 2. The molecule has 2 aromatic carbocycles. The lowest BCUT2D eigenvalue weighted by Gasteiger charge is -2.28. The van der Waals surface area contributed by atoms with Crippen LogP contribution in [0.1, 0.15) is 23.5 Å². The third-order valence-corrected chi connectivity index (χ3v) is 5.19. The molecular formula is C22H24N2O5. The van der Waals surface area contributed by atoms with Gasteiger partial charge >= 0.3 is 12.1 Å². The minimum absolute atomic E-state index is 0.104. The second-order valence-corrected chi connectivity index (χ2v) is 7.26. The molecule has 1 aliphatic carbocycles. The van der Waals surface area contributed by atoms with E-state index in [1.54, 1.807) is 0 Å². The number of ether oxygens (including phenoxy) is 1. The van der Waals surface area contributed by atoms with E-state index in [1.807, 2.05) is 48.5 Å². The second-order valence-electron chi connectivity index (χ2n) is 7.26. The van der Waals surface area contributed by atoms with Crippen LogP contribution in [0.4, 0.5) is 4.79 Å². The molecule has 7 heteroatoms. The van der Waals surface area contributed by atoms with Gasteiger partial charge in [-0.05, 0) is 22.3 Å². The number of carbonyl (C=O) groups excluding carboxylic acids is 2. The number of carbonyl (C=O) groups is 3. The third-order valence-electron chi connectivity index (χ3n) is 5.19. The van der Waals surface area contributed by atoms with Gasteiger partial charge in [-0.1, -0.05) is 48.5 Å². The number of rotatable bonds is 6. The van der Waals surface area contributed by atoms with E-state index >= 15 is 0 Å². The molecule has 0 aromatic heterocycles. The predicted molar refractivity (Wildman–Crippen MR) is 108 cm³/mol. The molecule has 0 fully saturated rings. The highest BCUT2D eigenvalue weighted by atomic mass is 16.6. The third kappa shape index (κ3) is 4.08. The number of fused-ring (bicyclic) bond motifs is 3. The van der Waals surface area contributed by atoms with Crippen LogP contribution in [0.25, 0.3) is 11.1 Å². The van der Waals surface area contributed by atoms with E-state index in [9.17, 15) is 14.4 Å². The van der Waals surface area contributed by atoms with Crippen molar-refractivity contribution in [1.82, 2.24) is 9.80 Å². The Kier molecular flexibility index (Phi) is 5.87. The molecular weight excluding hydrogens is 372 g/mol. The van der Waals surface area contributed by atoms with E-state index in [0.29, 0.717) is 0 Å². The fourth-order valence-electron chi connectivity index (χ4n) is 3.68. The van der Waals surface area contributed by atoms with Gasteiger partial charge < -0.3 is 14.7 Å². The smallest absolute Gasteiger partial charge is 0.410 e. The summed E-state index contributed by atoms with van der Waals surface area (Å²) in [7, 11) is 4.42. The molecule has 7 nitrogen and oxygen atoms in total. The number of carboxylic acid groups (broad SMARTS) is 1. The molecule has 1 aliphatic rings. The highest BCUT2D eigenvalue weighted by Gasteiger charge is 2.33. The zero-order valence-corrected chi connectivity index (χ0v) is 16.7. The Balaban J connectivity index is 1.76. The van der Waals surface area contributed by atoms with Crippen molar-refractivity contribution in [3.8, 4) is 11.1 Å². The molecule has 2 aromatic rings. The van der Waals surface area contributed by atoms with E-state index in [4.69, 9.17) is 9.84 Å². The number of aliphatic carboxylic acids is 1. The lowest BCUT2D eigenvalue weighted by Crippen LogP contribution is -2.48. The number of carboxylic acids is 1. The van der Waals surface area contributed by atoms with Crippen LogP contribution in [0.2, 0.25) is 0 Å². The first-order valence-electron chi connectivity index (χ1n) is 9.32. The van der Waals surface area contributed by atoms with Crippen molar-refractivity contribution < 1.29 is 24.2 Å². The number of hydrogen-bond donors (Lipinski definition) is 1. The van der Waals surface area contributed by atoms with Crippen molar-refractivity contribution in [2.45, 2.75) is 18.4 Å². The van der Waals surface area contributed by atoms with Gasteiger partial charge in [0.05, 0.1) is 6.42 Å². The van der Waals surface area contributed by atoms with Crippen LogP contribution >= 0.6 is 0 Å². The highest BCUT2D eigenvalue weighted by molar-refractivity contribution is 5.89. The SMILES string of the molecule is CN(C)C(=O)[C@H](CC(=O)O)N(C)C(=O)OCC1c2ccccc2-c2ccccc21. The molecule has 0 saturated carbocycles. The molecule has 29 heavy (non-hydrogen) atoms. The molecule has 0 bridgehead atoms. The first kappa shape index (κ1) is 20.4. The fourth-order valence-corrected chi connectivity index (χ4v) is 3.68. The zero-order valence-electron chi connectivity index (χ0n) is 16.7. The summed E-state index contributed by atoms with van der Waals surface area (Å²) in [4.78, 5) is 38.4. The van der Waals surface area contributed by atoms with E-state index in [0.717, 1.165) is 27.2 Å². The first-order valence-corrected chi connectivity index (χ1v) is 9.32. The summed E-state index contributed by atoms with van der Waals surface area (Å²) in [6, 6.07) is 14.8. The Labute approximate surface area is 169 Å². The molecule has 1 N–H and O–H groups in total. The topological polar surface area (TPSA) is 87.2 Å². The van der Waals surface area contributed by atoms with Gasteiger partial charge in [0, 0.05) is 27.1 Å².